The average Bonchev–Trinajstić information content (AvgIpc) is 3.39. The minimum absolute atomic E-state index is 0.322. The van der Waals surface area contributed by atoms with Crippen LogP contribution in [0, 0.1) is 0 Å². The molecular weight excluding hydrogens is 362 g/mol. The molecule has 4 aromatic rings. The Labute approximate surface area is 158 Å². The molecule has 7 nitrogen and oxygen atoms in total. The summed E-state index contributed by atoms with van der Waals surface area (Å²) < 4.78 is 6.84. The maximum Gasteiger partial charge on any atom is 0.279 e. The monoisotopic (exact) mass is 377 g/mol. The number of aromatic nitrogens is 4. The molecule has 1 N–H and O–H groups in total. The molecule has 27 heavy (non-hydrogen) atoms. The number of carbonyl (C=O) groups excluding carboxylic acids is 1. The summed E-state index contributed by atoms with van der Waals surface area (Å²) in [5, 5.41) is 12.1. The number of rotatable bonds is 4. The largest absolute Gasteiger partial charge is 0.497 e. The highest BCUT2D eigenvalue weighted by Crippen LogP contribution is 2.19. The molecule has 134 valence electrons. The Morgan fingerprint density at radius 3 is 2.56 bits per heavy atom. The van der Waals surface area contributed by atoms with Crippen LogP contribution in [-0.4, -0.2) is 33.0 Å². The molecule has 0 aliphatic carbocycles. The summed E-state index contributed by atoms with van der Waals surface area (Å²) in [6.07, 6.45) is 1.65. The predicted octanol–water partition coefficient (Wildman–Crippen LogP) is 3.07. The van der Waals surface area contributed by atoms with Crippen molar-refractivity contribution in [1.29, 1.82) is 0 Å². The standard InChI is InChI=1S/C19H15N5O2S/c1-26-15-9-7-14(8-10-15)24-19(21-17(25)13-5-3-2-4-6-13)27-18(23-24)16-11-12-20-22-16/h2-12H,1H3,(H,20,22). The number of amides is 1. The fourth-order valence-electron chi connectivity index (χ4n) is 2.46. The second kappa shape index (κ2) is 7.38. The van der Waals surface area contributed by atoms with E-state index in [9.17, 15) is 4.79 Å². The molecule has 0 saturated heterocycles. The molecule has 2 heterocycles. The van der Waals surface area contributed by atoms with E-state index in [0.29, 0.717) is 15.4 Å². The lowest BCUT2D eigenvalue weighted by molar-refractivity contribution is 0.0998. The lowest BCUT2D eigenvalue weighted by Gasteiger charge is -2.03. The third-order valence-electron chi connectivity index (χ3n) is 3.83. The lowest BCUT2D eigenvalue weighted by Crippen LogP contribution is -2.16. The first kappa shape index (κ1) is 16.9. The van der Waals surface area contributed by atoms with Gasteiger partial charge in [0, 0.05) is 11.8 Å². The molecule has 0 unspecified atom stereocenters. The van der Waals surface area contributed by atoms with E-state index < -0.39 is 0 Å². The highest BCUT2D eigenvalue weighted by atomic mass is 32.1. The molecule has 0 saturated carbocycles. The van der Waals surface area contributed by atoms with Crippen LogP contribution in [-0.2, 0) is 0 Å². The lowest BCUT2D eigenvalue weighted by atomic mass is 10.2. The number of aromatic amines is 1. The van der Waals surface area contributed by atoms with Crippen molar-refractivity contribution in [2.24, 2.45) is 4.99 Å². The number of nitrogens with one attached hydrogen (secondary N) is 1. The van der Waals surface area contributed by atoms with Crippen LogP contribution in [0.5, 0.6) is 5.75 Å². The number of hydrogen-bond acceptors (Lipinski definition) is 5. The third-order valence-corrected chi connectivity index (χ3v) is 4.77. The summed E-state index contributed by atoms with van der Waals surface area (Å²) in [6, 6.07) is 18.2. The van der Waals surface area contributed by atoms with Crippen LogP contribution in [0.25, 0.3) is 16.4 Å². The van der Waals surface area contributed by atoms with Crippen molar-refractivity contribution < 1.29 is 9.53 Å². The van der Waals surface area contributed by atoms with Gasteiger partial charge in [0.15, 0.2) is 5.01 Å². The topological polar surface area (TPSA) is 85.2 Å². The van der Waals surface area contributed by atoms with Gasteiger partial charge in [0.1, 0.15) is 5.75 Å². The van der Waals surface area contributed by atoms with Crippen molar-refractivity contribution in [3.05, 3.63) is 77.2 Å². The summed E-state index contributed by atoms with van der Waals surface area (Å²) in [4.78, 5) is 17.3. The molecule has 2 aromatic carbocycles. The molecule has 0 fully saturated rings. The van der Waals surface area contributed by atoms with Crippen molar-refractivity contribution in [2.45, 2.75) is 0 Å². The van der Waals surface area contributed by atoms with E-state index in [1.807, 2.05) is 48.5 Å². The first-order valence-electron chi connectivity index (χ1n) is 8.13. The SMILES string of the molecule is COc1ccc(-n2nc(-c3ccn[nH]3)sc2=NC(=O)c2ccccc2)cc1. The Bertz CT molecular complexity index is 1110. The molecular formula is C19H15N5O2S. The van der Waals surface area contributed by atoms with Crippen molar-refractivity contribution >= 4 is 17.2 Å². The number of H-pyrrole nitrogens is 1. The predicted molar refractivity (Wildman–Crippen MR) is 102 cm³/mol. The second-order valence-corrected chi connectivity index (χ2v) is 6.51. The minimum atomic E-state index is -0.322. The Morgan fingerprint density at radius 1 is 1.11 bits per heavy atom. The third kappa shape index (κ3) is 3.56. The van der Waals surface area contributed by atoms with Gasteiger partial charge in [-0.05, 0) is 42.5 Å². The van der Waals surface area contributed by atoms with E-state index in [-0.39, 0.29) is 5.91 Å². The maximum absolute atomic E-state index is 12.6. The van der Waals surface area contributed by atoms with Crippen molar-refractivity contribution in [3.8, 4) is 22.1 Å². The van der Waals surface area contributed by atoms with Crippen LogP contribution in [0.3, 0.4) is 0 Å². The highest BCUT2D eigenvalue weighted by Gasteiger charge is 2.12. The molecule has 0 aliphatic heterocycles. The van der Waals surface area contributed by atoms with Gasteiger partial charge in [0.2, 0.25) is 4.80 Å². The Morgan fingerprint density at radius 2 is 1.89 bits per heavy atom. The van der Waals surface area contributed by atoms with Gasteiger partial charge in [-0.25, -0.2) is 4.68 Å². The van der Waals surface area contributed by atoms with Crippen molar-refractivity contribution in [2.75, 3.05) is 7.11 Å². The smallest absolute Gasteiger partial charge is 0.279 e. The van der Waals surface area contributed by atoms with E-state index in [2.05, 4.69) is 20.3 Å². The van der Waals surface area contributed by atoms with Crippen molar-refractivity contribution in [3.63, 3.8) is 0 Å². The molecule has 0 radical (unpaired) electrons. The van der Waals surface area contributed by atoms with Crippen LogP contribution < -0.4 is 9.54 Å². The van der Waals surface area contributed by atoms with Crippen LogP contribution in [0.4, 0.5) is 0 Å². The average molecular weight is 377 g/mol. The number of ether oxygens (including phenoxy) is 1. The molecule has 0 bridgehead atoms. The minimum Gasteiger partial charge on any atom is -0.497 e. The van der Waals surface area contributed by atoms with Gasteiger partial charge < -0.3 is 4.74 Å². The van der Waals surface area contributed by atoms with Crippen LogP contribution in [0.15, 0.2) is 71.9 Å². The molecule has 0 atom stereocenters. The fraction of sp³-hybridized carbons (Fsp3) is 0.0526. The van der Waals surface area contributed by atoms with E-state index in [4.69, 9.17) is 4.74 Å². The van der Waals surface area contributed by atoms with E-state index >= 15 is 0 Å². The molecule has 4 rings (SSSR count). The van der Waals surface area contributed by atoms with Gasteiger partial charge in [-0.2, -0.15) is 15.2 Å². The first-order chi connectivity index (χ1) is 13.2. The van der Waals surface area contributed by atoms with Crippen molar-refractivity contribution in [1.82, 2.24) is 20.0 Å². The maximum atomic E-state index is 12.6. The van der Waals surface area contributed by atoms with Crippen LogP contribution in [0.1, 0.15) is 10.4 Å². The van der Waals surface area contributed by atoms with E-state index in [0.717, 1.165) is 17.1 Å². The van der Waals surface area contributed by atoms with Gasteiger partial charge in [-0.3, -0.25) is 9.89 Å². The molecule has 8 heteroatoms. The Hall–Kier alpha value is -3.52. The zero-order valence-corrected chi connectivity index (χ0v) is 15.2. The normalized spacial score (nSPS) is 11.5. The fourth-order valence-corrected chi connectivity index (χ4v) is 3.34. The number of benzene rings is 2. The summed E-state index contributed by atoms with van der Waals surface area (Å²) in [6.45, 7) is 0. The zero-order valence-electron chi connectivity index (χ0n) is 14.4. The second-order valence-electron chi connectivity index (χ2n) is 5.55. The van der Waals surface area contributed by atoms with E-state index in [1.54, 1.807) is 30.1 Å². The summed E-state index contributed by atoms with van der Waals surface area (Å²) >= 11 is 1.31. The molecule has 0 aliphatic rings. The van der Waals surface area contributed by atoms with Gasteiger partial charge in [-0.1, -0.05) is 29.5 Å². The van der Waals surface area contributed by atoms with Gasteiger partial charge in [-0.15, -0.1) is 0 Å². The number of hydrogen-bond donors (Lipinski definition) is 1. The number of methoxy groups -OCH3 is 1. The number of nitrogens with zero attached hydrogens (tertiary/aromatic N) is 4. The van der Waals surface area contributed by atoms with Gasteiger partial charge in [0.25, 0.3) is 5.91 Å². The summed E-state index contributed by atoms with van der Waals surface area (Å²) in [5.41, 5.74) is 2.06. The van der Waals surface area contributed by atoms with Crippen LogP contribution >= 0.6 is 11.3 Å². The van der Waals surface area contributed by atoms with E-state index in [1.165, 1.54) is 11.3 Å². The first-order valence-corrected chi connectivity index (χ1v) is 8.95. The van der Waals surface area contributed by atoms with Gasteiger partial charge >= 0.3 is 0 Å². The van der Waals surface area contributed by atoms with Crippen LogP contribution in [0.2, 0.25) is 0 Å². The Kier molecular flexibility index (Phi) is 4.63. The summed E-state index contributed by atoms with van der Waals surface area (Å²) in [7, 11) is 1.61. The molecule has 0 spiro atoms. The highest BCUT2D eigenvalue weighted by molar-refractivity contribution is 7.12. The summed E-state index contributed by atoms with van der Waals surface area (Å²) in [5.74, 6) is 0.417. The zero-order chi connectivity index (χ0) is 18.6. The number of carbonyl (C=O) groups is 1. The van der Waals surface area contributed by atoms with Gasteiger partial charge in [0.05, 0.1) is 18.5 Å². The quantitative estimate of drug-likeness (QED) is 0.592. The molecule has 1 amide bonds. The molecule has 2 aromatic heterocycles. The Balaban J connectivity index is 1.83.